The van der Waals surface area contributed by atoms with Gasteiger partial charge in [0.15, 0.2) is 6.61 Å². The maximum atomic E-state index is 13.2. The van der Waals surface area contributed by atoms with Gasteiger partial charge in [-0.2, -0.15) is 0 Å². The van der Waals surface area contributed by atoms with Gasteiger partial charge in [0, 0.05) is 18.7 Å². The number of hydrogen-bond donors (Lipinski definition) is 0. The Morgan fingerprint density at radius 2 is 1.84 bits per heavy atom. The maximum absolute atomic E-state index is 13.2. The highest BCUT2D eigenvalue weighted by atomic mass is 16.5. The number of aryl methyl sites for hydroxylation is 1. The van der Waals surface area contributed by atoms with Crippen molar-refractivity contribution in [1.82, 2.24) is 4.90 Å². The van der Waals surface area contributed by atoms with Crippen LogP contribution < -0.4 is 9.64 Å². The van der Waals surface area contributed by atoms with E-state index in [9.17, 15) is 9.59 Å². The average molecular weight is 412 g/mol. The molecule has 0 aromatic heterocycles. The van der Waals surface area contributed by atoms with E-state index in [0.29, 0.717) is 30.9 Å². The zero-order chi connectivity index (χ0) is 21.4. The summed E-state index contributed by atoms with van der Waals surface area (Å²) in [6.07, 6.45) is 0.875. The van der Waals surface area contributed by atoms with E-state index in [1.54, 1.807) is 4.90 Å². The number of benzene rings is 3. The highest BCUT2D eigenvalue weighted by Crippen LogP contribution is 2.34. The molecule has 31 heavy (non-hydrogen) atoms. The highest BCUT2D eigenvalue weighted by Gasteiger charge is 2.26. The third-order valence-electron chi connectivity index (χ3n) is 5.99. The van der Waals surface area contributed by atoms with Gasteiger partial charge in [-0.05, 0) is 59.9 Å². The van der Waals surface area contributed by atoms with E-state index in [1.165, 1.54) is 11.1 Å². The maximum Gasteiger partial charge on any atom is 0.265 e. The summed E-state index contributed by atoms with van der Waals surface area (Å²) in [4.78, 5) is 29.4. The van der Waals surface area contributed by atoms with Gasteiger partial charge in [-0.25, -0.2) is 0 Å². The number of nitrogens with zero attached hydrogens (tertiary/aromatic N) is 2. The number of ether oxygens (including phenoxy) is 1. The van der Waals surface area contributed by atoms with E-state index in [0.717, 1.165) is 23.2 Å². The van der Waals surface area contributed by atoms with Crippen LogP contribution in [-0.4, -0.2) is 29.9 Å². The number of hydrogen-bond acceptors (Lipinski definition) is 3. The standard InChI is InChI=1S/C26H24N2O3/c1-18-9-10-24-23(13-18)28(25(29)17-31-24)15-19-5-4-8-21(14-19)26(30)27-12-11-20-6-2-3-7-22(20)16-27/h2-10,13-14H,11-12,15-17H2,1H3. The summed E-state index contributed by atoms with van der Waals surface area (Å²) in [5, 5.41) is 0. The Labute approximate surface area is 181 Å². The minimum atomic E-state index is -0.0810. The van der Waals surface area contributed by atoms with Crippen molar-refractivity contribution in [3.63, 3.8) is 0 Å². The highest BCUT2D eigenvalue weighted by molar-refractivity contribution is 5.98. The van der Waals surface area contributed by atoms with E-state index >= 15 is 0 Å². The van der Waals surface area contributed by atoms with E-state index < -0.39 is 0 Å². The zero-order valence-corrected chi connectivity index (χ0v) is 17.5. The predicted molar refractivity (Wildman–Crippen MR) is 119 cm³/mol. The molecule has 0 N–H and O–H groups in total. The summed E-state index contributed by atoms with van der Waals surface area (Å²) in [5.41, 5.74) is 5.95. The molecule has 2 heterocycles. The molecule has 0 aliphatic carbocycles. The summed E-state index contributed by atoms with van der Waals surface area (Å²) in [6.45, 7) is 3.78. The van der Waals surface area contributed by atoms with Gasteiger partial charge in [0.1, 0.15) is 5.75 Å². The number of rotatable bonds is 3. The molecule has 0 atom stereocenters. The van der Waals surface area contributed by atoms with Gasteiger partial charge in [0.2, 0.25) is 0 Å². The molecule has 2 amide bonds. The molecule has 156 valence electrons. The molecule has 2 aliphatic heterocycles. The van der Waals surface area contributed by atoms with Crippen molar-refractivity contribution in [2.45, 2.75) is 26.4 Å². The fraction of sp³-hybridized carbons (Fsp3) is 0.231. The SMILES string of the molecule is Cc1ccc2c(c1)N(Cc1cccc(C(=O)N3CCc4ccccc4C3)c1)C(=O)CO2. The topological polar surface area (TPSA) is 49.9 Å². The lowest BCUT2D eigenvalue weighted by Crippen LogP contribution is -2.38. The van der Waals surface area contributed by atoms with Gasteiger partial charge >= 0.3 is 0 Å². The van der Waals surface area contributed by atoms with Crippen molar-refractivity contribution in [3.05, 3.63) is 94.5 Å². The first-order valence-corrected chi connectivity index (χ1v) is 10.6. The molecule has 3 aromatic carbocycles. The van der Waals surface area contributed by atoms with Crippen LogP contribution >= 0.6 is 0 Å². The van der Waals surface area contributed by atoms with Crippen LogP contribution in [0.1, 0.15) is 32.6 Å². The second kappa shape index (κ2) is 7.91. The van der Waals surface area contributed by atoms with Crippen molar-refractivity contribution in [1.29, 1.82) is 0 Å². The molecular formula is C26H24N2O3. The Kier molecular flexibility index (Phi) is 4.94. The molecular weight excluding hydrogens is 388 g/mol. The molecule has 0 unspecified atom stereocenters. The molecule has 0 saturated heterocycles. The number of fused-ring (bicyclic) bond motifs is 2. The van der Waals surface area contributed by atoms with Crippen LogP contribution in [0.25, 0.3) is 0 Å². The second-order valence-electron chi connectivity index (χ2n) is 8.19. The molecule has 0 bridgehead atoms. The first-order chi connectivity index (χ1) is 15.1. The van der Waals surface area contributed by atoms with Gasteiger partial charge in [0.25, 0.3) is 11.8 Å². The van der Waals surface area contributed by atoms with E-state index in [1.807, 2.05) is 66.4 Å². The van der Waals surface area contributed by atoms with Gasteiger partial charge in [-0.15, -0.1) is 0 Å². The van der Waals surface area contributed by atoms with Crippen molar-refractivity contribution in [2.75, 3.05) is 18.1 Å². The van der Waals surface area contributed by atoms with E-state index in [2.05, 4.69) is 12.1 Å². The third-order valence-corrected chi connectivity index (χ3v) is 5.99. The largest absolute Gasteiger partial charge is 0.482 e. The number of carbonyl (C=O) groups excluding carboxylic acids is 2. The monoisotopic (exact) mass is 412 g/mol. The number of carbonyl (C=O) groups is 2. The first-order valence-electron chi connectivity index (χ1n) is 10.6. The van der Waals surface area contributed by atoms with Crippen LogP contribution in [0.5, 0.6) is 5.75 Å². The van der Waals surface area contributed by atoms with Crippen LogP contribution in [0.4, 0.5) is 5.69 Å². The summed E-state index contributed by atoms with van der Waals surface area (Å²) in [5.74, 6) is 0.660. The molecule has 3 aromatic rings. The summed E-state index contributed by atoms with van der Waals surface area (Å²) < 4.78 is 5.58. The average Bonchev–Trinajstić information content (AvgIpc) is 2.80. The normalized spacial score (nSPS) is 15.2. The van der Waals surface area contributed by atoms with Crippen LogP contribution in [0.2, 0.25) is 0 Å². The number of amides is 2. The van der Waals surface area contributed by atoms with Crippen LogP contribution in [0.15, 0.2) is 66.7 Å². The first kappa shape index (κ1) is 19.4. The summed E-state index contributed by atoms with van der Waals surface area (Å²) >= 11 is 0. The van der Waals surface area contributed by atoms with Crippen LogP contribution in [0.3, 0.4) is 0 Å². The lowest BCUT2D eigenvalue weighted by atomic mass is 9.99. The Hall–Kier alpha value is -3.60. The molecule has 2 aliphatic rings. The molecule has 5 heteroatoms. The minimum absolute atomic E-state index is 0.0286. The number of anilines is 1. The minimum Gasteiger partial charge on any atom is -0.482 e. The Morgan fingerprint density at radius 1 is 1.00 bits per heavy atom. The van der Waals surface area contributed by atoms with Crippen molar-refractivity contribution in [3.8, 4) is 5.75 Å². The molecule has 5 rings (SSSR count). The second-order valence-corrected chi connectivity index (χ2v) is 8.19. The fourth-order valence-corrected chi connectivity index (χ4v) is 4.32. The van der Waals surface area contributed by atoms with Gasteiger partial charge in [0.05, 0.1) is 12.2 Å². The van der Waals surface area contributed by atoms with Gasteiger partial charge in [-0.3, -0.25) is 9.59 Å². The molecule has 0 radical (unpaired) electrons. The van der Waals surface area contributed by atoms with Crippen LogP contribution in [0, 0.1) is 6.92 Å². The molecule has 0 fully saturated rings. The Morgan fingerprint density at radius 3 is 2.71 bits per heavy atom. The van der Waals surface area contributed by atoms with Gasteiger partial charge in [-0.1, -0.05) is 42.5 Å². The molecule has 0 spiro atoms. The smallest absolute Gasteiger partial charge is 0.265 e. The lowest BCUT2D eigenvalue weighted by molar-refractivity contribution is -0.121. The predicted octanol–water partition coefficient (Wildman–Crippen LogP) is 4.12. The molecule has 0 saturated carbocycles. The third kappa shape index (κ3) is 3.79. The van der Waals surface area contributed by atoms with E-state index in [4.69, 9.17) is 4.74 Å². The fourth-order valence-electron chi connectivity index (χ4n) is 4.32. The zero-order valence-electron chi connectivity index (χ0n) is 17.5. The van der Waals surface area contributed by atoms with Gasteiger partial charge < -0.3 is 14.5 Å². The summed E-state index contributed by atoms with van der Waals surface area (Å²) in [6, 6.07) is 21.7. The van der Waals surface area contributed by atoms with Crippen molar-refractivity contribution in [2.24, 2.45) is 0 Å². The van der Waals surface area contributed by atoms with E-state index in [-0.39, 0.29) is 18.4 Å². The summed E-state index contributed by atoms with van der Waals surface area (Å²) in [7, 11) is 0. The quantitative estimate of drug-likeness (QED) is 0.650. The van der Waals surface area contributed by atoms with Crippen molar-refractivity contribution < 1.29 is 14.3 Å². The molecule has 5 nitrogen and oxygen atoms in total. The Balaban J connectivity index is 1.37. The Bertz CT molecular complexity index is 1170. The van der Waals surface area contributed by atoms with Crippen LogP contribution in [-0.2, 0) is 24.3 Å². The van der Waals surface area contributed by atoms with Crippen molar-refractivity contribution >= 4 is 17.5 Å². The lowest BCUT2D eigenvalue weighted by Gasteiger charge is -2.30.